The monoisotopic (exact) mass is 296 g/mol. The maximum absolute atomic E-state index is 5.03. The summed E-state index contributed by atoms with van der Waals surface area (Å²) in [4.78, 5) is 8.39. The summed E-state index contributed by atoms with van der Waals surface area (Å²) in [6.45, 7) is 5.93. The lowest BCUT2D eigenvalue weighted by molar-refractivity contribution is 0.397. The van der Waals surface area contributed by atoms with E-state index >= 15 is 0 Å². The molecule has 6 heteroatoms. The van der Waals surface area contributed by atoms with Crippen LogP contribution in [-0.2, 0) is 6.54 Å². The van der Waals surface area contributed by atoms with Gasteiger partial charge in [0.15, 0.2) is 5.96 Å². The Morgan fingerprint density at radius 3 is 2.65 bits per heavy atom. The summed E-state index contributed by atoms with van der Waals surface area (Å²) in [5.41, 5.74) is 1.08. The Hall–Kier alpha value is -1.43. The number of hydrogen-bond acceptors (Lipinski definition) is 4. The zero-order valence-electron chi connectivity index (χ0n) is 12.9. The highest BCUT2D eigenvalue weighted by atomic mass is 32.2. The highest BCUT2D eigenvalue weighted by Gasteiger charge is 2.15. The van der Waals surface area contributed by atoms with Gasteiger partial charge in [-0.2, -0.15) is 11.8 Å². The fourth-order valence-corrected chi connectivity index (χ4v) is 1.63. The molecule has 0 saturated heterocycles. The minimum Gasteiger partial charge on any atom is -0.481 e. The second-order valence-corrected chi connectivity index (χ2v) is 6.47. The van der Waals surface area contributed by atoms with Crippen molar-refractivity contribution in [2.45, 2.75) is 25.1 Å². The Morgan fingerprint density at radius 1 is 1.40 bits per heavy atom. The summed E-state index contributed by atoms with van der Waals surface area (Å²) in [6.07, 6.45) is 3.91. The lowest BCUT2D eigenvalue weighted by Crippen LogP contribution is -2.42. The molecule has 112 valence electrons. The molecule has 0 bridgehead atoms. The molecule has 0 fully saturated rings. The molecule has 0 amide bonds. The van der Waals surface area contributed by atoms with Crippen molar-refractivity contribution in [1.82, 2.24) is 15.6 Å². The summed E-state index contributed by atoms with van der Waals surface area (Å²) in [6, 6.07) is 3.84. The Kier molecular flexibility index (Phi) is 6.64. The number of nitrogens with zero attached hydrogens (tertiary/aromatic N) is 2. The van der Waals surface area contributed by atoms with Gasteiger partial charge in [-0.05, 0) is 25.7 Å². The average molecular weight is 296 g/mol. The Bertz CT molecular complexity index is 431. The Labute approximate surface area is 125 Å². The van der Waals surface area contributed by atoms with Gasteiger partial charge in [0.05, 0.1) is 7.11 Å². The highest BCUT2D eigenvalue weighted by Crippen LogP contribution is 2.19. The third-order valence-electron chi connectivity index (χ3n) is 2.92. The molecule has 1 aromatic heterocycles. The van der Waals surface area contributed by atoms with E-state index in [1.807, 2.05) is 23.9 Å². The first kappa shape index (κ1) is 16.6. The molecule has 0 radical (unpaired) electrons. The molecule has 0 aliphatic heterocycles. The van der Waals surface area contributed by atoms with Crippen LogP contribution in [0, 0.1) is 0 Å². The van der Waals surface area contributed by atoms with Gasteiger partial charge in [0.1, 0.15) is 0 Å². The fourth-order valence-electron chi connectivity index (χ4n) is 1.41. The van der Waals surface area contributed by atoms with Gasteiger partial charge in [0, 0.05) is 37.1 Å². The molecule has 0 aromatic carbocycles. The molecule has 0 unspecified atom stereocenters. The number of aliphatic imine (C=N–C) groups is 1. The van der Waals surface area contributed by atoms with E-state index in [-0.39, 0.29) is 4.75 Å². The van der Waals surface area contributed by atoms with Crippen LogP contribution in [0.1, 0.15) is 19.4 Å². The van der Waals surface area contributed by atoms with E-state index in [1.54, 1.807) is 20.4 Å². The first-order valence-corrected chi connectivity index (χ1v) is 7.72. The van der Waals surface area contributed by atoms with Gasteiger partial charge in [-0.15, -0.1) is 0 Å². The van der Waals surface area contributed by atoms with Gasteiger partial charge in [-0.25, -0.2) is 4.98 Å². The average Bonchev–Trinajstić information content (AvgIpc) is 2.48. The third-order valence-corrected chi connectivity index (χ3v) is 4.17. The summed E-state index contributed by atoms with van der Waals surface area (Å²) < 4.78 is 5.21. The van der Waals surface area contributed by atoms with Crippen LogP contribution in [0.15, 0.2) is 23.3 Å². The molecule has 2 N–H and O–H groups in total. The highest BCUT2D eigenvalue weighted by molar-refractivity contribution is 7.99. The van der Waals surface area contributed by atoms with E-state index in [1.165, 1.54) is 0 Å². The standard InChI is InChI=1S/C14H24N4OS/c1-14(2,20-5)10-18-13(15-3)17-9-11-6-7-12(19-4)16-8-11/h6-8H,9-10H2,1-5H3,(H2,15,17,18). The maximum atomic E-state index is 5.03. The van der Waals surface area contributed by atoms with Gasteiger partial charge >= 0.3 is 0 Å². The number of rotatable bonds is 6. The molecule has 0 spiro atoms. The maximum Gasteiger partial charge on any atom is 0.212 e. The summed E-state index contributed by atoms with van der Waals surface area (Å²) in [5, 5.41) is 6.60. The van der Waals surface area contributed by atoms with Gasteiger partial charge in [0.25, 0.3) is 0 Å². The van der Waals surface area contributed by atoms with Crippen molar-refractivity contribution in [1.29, 1.82) is 0 Å². The fraction of sp³-hybridized carbons (Fsp3) is 0.571. The van der Waals surface area contributed by atoms with Crippen molar-refractivity contribution in [3.05, 3.63) is 23.9 Å². The Balaban J connectivity index is 2.45. The number of pyridine rings is 1. The van der Waals surface area contributed by atoms with E-state index in [0.717, 1.165) is 18.1 Å². The first-order valence-electron chi connectivity index (χ1n) is 6.49. The summed E-state index contributed by atoms with van der Waals surface area (Å²) >= 11 is 1.83. The van der Waals surface area contributed by atoms with Crippen molar-refractivity contribution in [3.63, 3.8) is 0 Å². The van der Waals surface area contributed by atoms with Gasteiger partial charge in [-0.3, -0.25) is 4.99 Å². The number of thioether (sulfide) groups is 1. The van der Waals surface area contributed by atoms with Crippen LogP contribution < -0.4 is 15.4 Å². The van der Waals surface area contributed by atoms with Crippen molar-refractivity contribution in [2.75, 3.05) is 27.0 Å². The zero-order valence-corrected chi connectivity index (χ0v) is 13.7. The first-order chi connectivity index (χ1) is 9.50. The van der Waals surface area contributed by atoms with Crippen LogP contribution in [0.5, 0.6) is 5.88 Å². The molecular weight excluding hydrogens is 272 g/mol. The minimum absolute atomic E-state index is 0.180. The Morgan fingerprint density at radius 2 is 2.15 bits per heavy atom. The molecule has 1 rings (SSSR count). The molecule has 0 aliphatic carbocycles. The number of guanidine groups is 1. The van der Waals surface area contributed by atoms with Gasteiger partial charge in [-0.1, -0.05) is 6.07 Å². The van der Waals surface area contributed by atoms with Crippen LogP contribution in [-0.4, -0.2) is 42.6 Å². The van der Waals surface area contributed by atoms with Crippen LogP contribution in [0.25, 0.3) is 0 Å². The topological polar surface area (TPSA) is 58.5 Å². The largest absolute Gasteiger partial charge is 0.481 e. The number of nitrogens with one attached hydrogen (secondary N) is 2. The molecular formula is C14H24N4OS. The molecule has 5 nitrogen and oxygen atoms in total. The normalized spacial score (nSPS) is 12.2. The van der Waals surface area contributed by atoms with Gasteiger partial charge in [0.2, 0.25) is 5.88 Å². The van der Waals surface area contributed by atoms with Crippen molar-refractivity contribution < 1.29 is 4.74 Å². The lowest BCUT2D eigenvalue weighted by Gasteiger charge is -2.23. The van der Waals surface area contributed by atoms with Crippen LogP contribution in [0.4, 0.5) is 0 Å². The van der Waals surface area contributed by atoms with E-state index < -0.39 is 0 Å². The van der Waals surface area contributed by atoms with Crippen LogP contribution in [0.3, 0.4) is 0 Å². The van der Waals surface area contributed by atoms with Crippen LogP contribution in [0.2, 0.25) is 0 Å². The van der Waals surface area contributed by atoms with Crippen molar-refractivity contribution in [3.8, 4) is 5.88 Å². The van der Waals surface area contributed by atoms with E-state index in [4.69, 9.17) is 4.74 Å². The van der Waals surface area contributed by atoms with Gasteiger partial charge < -0.3 is 15.4 Å². The van der Waals surface area contributed by atoms with Crippen molar-refractivity contribution >= 4 is 17.7 Å². The van der Waals surface area contributed by atoms with Crippen molar-refractivity contribution in [2.24, 2.45) is 4.99 Å². The van der Waals surface area contributed by atoms with Crippen LogP contribution >= 0.6 is 11.8 Å². The molecule has 1 heterocycles. The predicted octanol–water partition coefficient (Wildman–Crippen LogP) is 1.90. The smallest absolute Gasteiger partial charge is 0.212 e. The number of aromatic nitrogens is 1. The number of ether oxygens (including phenoxy) is 1. The summed E-state index contributed by atoms with van der Waals surface area (Å²) in [5.74, 6) is 1.42. The number of hydrogen-bond donors (Lipinski definition) is 2. The molecule has 0 saturated carbocycles. The summed E-state index contributed by atoms with van der Waals surface area (Å²) in [7, 11) is 3.38. The lowest BCUT2D eigenvalue weighted by atomic mass is 10.2. The molecule has 0 atom stereocenters. The second kappa shape index (κ2) is 7.99. The van der Waals surface area contributed by atoms with E-state index in [9.17, 15) is 0 Å². The quantitative estimate of drug-likeness (QED) is 0.620. The minimum atomic E-state index is 0.180. The molecule has 20 heavy (non-hydrogen) atoms. The predicted molar refractivity (Wildman–Crippen MR) is 86.6 cm³/mol. The molecule has 1 aromatic rings. The second-order valence-electron chi connectivity index (χ2n) is 4.95. The molecule has 0 aliphatic rings. The van der Waals surface area contributed by atoms with E-state index in [2.05, 4.69) is 40.7 Å². The third kappa shape index (κ3) is 5.69. The zero-order chi connectivity index (χ0) is 15.0. The van der Waals surface area contributed by atoms with E-state index in [0.29, 0.717) is 12.4 Å². The SMILES string of the molecule is CN=C(NCc1ccc(OC)nc1)NCC(C)(C)SC. The number of methoxy groups -OCH3 is 1.